The molecule has 1 aliphatic rings. The first kappa shape index (κ1) is 13.1. The summed E-state index contributed by atoms with van der Waals surface area (Å²) in [6.07, 6.45) is 9.28. The molecular weight excluding hydrogens is 278 g/mol. The number of nitrogens with zero attached hydrogens (tertiary/aromatic N) is 2. The lowest BCUT2D eigenvalue weighted by molar-refractivity contribution is 0.453. The molecule has 1 aliphatic carbocycles. The Morgan fingerprint density at radius 1 is 1.41 bits per heavy atom. The minimum absolute atomic E-state index is 0.293. The summed E-state index contributed by atoms with van der Waals surface area (Å²) in [6.45, 7) is 3.18. The topological polar surface area (TPSA) is 43.8 Å². The van der Waals surface area contributed by atoms with Gasteiger partial charge >= 0.3 is 0 Å². The highest BCUT2D eigenvalue weighted by atomic mass is 79.9. The summed E-state index contributed by atoms with van der Waals surface area (Å²) in [4.78, 5) is 0. The van der Waals surface area contributed by atoms with Crippen molar-refractivity contribution in [3.05, 3.63) is 16.4 Å². The molecule has 0 spiro atoms. The summed E-state index contributed by atoms with van der Waals surface area (Å²) >= 11 is 3.64. The molecule has 0 saturated heterocycles. The molecule has 96 valence electrons. The Morgan fingerprint density at radius 2 is 2.18 bits per heavy atom. The number of aromatic nitrogens is 2. The van der Waals surface area contributed by atoms with Crippen LogP contribution in [0.1, 0.15) is 57.1 Å². The van der Waals surface area contributed by atoms with Crippen LogP contribution in [0.5, 0.6) is 0 Å². The number of hydrogen-bond donors (Lipinski definition) is 1. The van der Waals surface area contributed by atoms with E-state index in [-0.39, 0.29) is 0 Å². The lowest BCUT2D eigenvalue weighted by atomic mass is 9.92. The van der Waals surface area contributed by atoms with Crippen molar-refractivity contribution in [2.45, 2.75) is 64.0 Å². The number of rotatable bonds is 3. The SMILES string of the molecule is CCCn1ncc(Br)c1C1CCCCCC1N. The Labute approximate surface area is 112 Å². The van der Waals surface area contributed by atoms with Crippen LogP contribution in [-0.2, 0) is 6.54 Å². The van der Waals surface area contributed by atoms with E-state index in [1.807, 2.05) is 6.20 Å². The van der Waals surface area contributed by atoms with Crippen LogP contribution in [0.15, 0.2) is 10.7 Å². The van der Waals surface area contributed by atoms with Crippen LogP contribution >= 0.6 is 15.9 Å². The molecule has 1 aromatic heterocycles. The van der Waals surface area contributed by atoms with Crippen LogP contribution < -0.4 is 5.73 Å². The van der Waals surface area contributed by atoms with Gasteiger partial charge in [0.2, 0.25) is 0 Å². The van der Waals surface area contributed by atoms with Gasteiger partial charge in [-0.3, -0.25) is 4.68 Å². The van der Waals surface area contributed by atoms with Crippen LogP contribution in [0, 0.1) is 0 Å². The molecule has 0 amide bonds. The molecule has 0 radical (unpaired) electrons. The first-order valence-corrected chi connectivity index (χ1v) is 7.50. The second kappa shape index (κ2) is 6.01. The maximum absolute atomic E-state index is 6.34. The zero-order chi connectivity index (χ0) is 12.3. The van der Waals surface area contributed by atoms with Crippen molar-refractivity contribution >= 4 is 15.9 Å². The molecule has 1 heterocycles. The van der Waals surface area contributed by atoms with E-state index < -0.39 is 0 Å². The van der Waals surface area contributed by atoms with Gasteiger partial charge in [0.15, 0.2) is 0 Å². The number of hydrogen-bond acceptors (Lipinski definition) is 2. The molecule has 2 rings (SSSR count). The number of nitrogens with two attached hydrogens (primary N) is 1. The Kier molecular flexibility index (Phi) is 4.62. The second-order valence-corrected chi connectivity index (χ2v) is 5.86. The largest absolute Gasteiger partial charge is 0.327 e. The predicted octanol–water partition coefficient (Wildman–Crippen LogP) is 3.43. The molecule has 0 aromatic carbocycles. The zero-order valence-corrected chi connectivity index (χ0v) is 12.1. The maximum atomic E-state index is 6.34. The lowest BCUT2D eigenvalue weighted by Gasteiger charge is -2.23. The summed E-state index contributed by atoms with van der Waals surface area (Å²) < 4.78 is 3.27. The molecule has 1 saturated carbocycles. The Morgan fingerprint density at radius 3 is 2.94 bits per heavy atom. The zero-order valence-electron chi connectivity index (χ0n) is 10.5. The van der Waals surface area contributed by atoms with E-state index in [4.69, 9.17) is 5.73 Å². The average molecular weight is 300 g/mol. The van der Waals surface area contributed by atoms with E-state index in [1.165, 1.54) is 31.4 Å². The molecule has 2 N–H and O–H groups in total. The molecule has 1 fully saturated rings. The fraction of sp³-hybridized carbons (Fsp3) is 0.769. The van der Waals surface area contributed by atoms with Crippen LogP contribution in [0.3, 0.4) is 0 Å². The van der Waals surface area contributed by atoms with Crippen molar-refractivity contribution in [1.82, 2.24) is 9.78 Å². The van der Waals surface area contributed by atoms with Crippen LogP contribution in [0.25, 0.3) is 0 Å². The monoisotopic (exact) mass is 299 g/mol. The average Bonchev–Trinajstić information content (AvgIpc) is 2.53. The fourth-order valence-corrected chi connectivity index (χ4v) is 3.40. The lowest BCUT2D eigenvalue weighted by Crippen LogP contribution is -2.29. The summed E-state index contributed by atoms with van der Waals surface area (Å²) in [7, 11) is 0. The van der Waals surface area contributed by atoms with Crippen LogP contribution in [0.2, 0.25) is 0 Å². The molecular formula is C13H22BrN3. The van der Waals surface area contributed by atoms with Crippen LogP contribution in [-0.4, -0.2) is 15.8 Å². The highest BCUT2D eigenvalue weighted by Gasteiger charge is 2.27. The van der Waals surface area contributed by atoms with Crippen LogP contribution in [0.4, 0.5) is 0 Å². The van der Waals surface area contributed by atoms with Gasteiger partial charge in [0.05, 0.1) is 16.4 Å². The first-order chi connectivity index (χ1) is 8.24. The Balaban J connectivity index is 2.26. The van der Waals surface area contributed by atoms with Gasteiger partial charge in [0.25, 0.3) is 0 Å². The molecule has 4 heteroatoms. The Hall–Kier alpha value is -0.350. The van der Waals surface area contributed by atoms with Crippen molar-refractivity contribution in [3.63, 3.8) is 0 Å². The molecule has 0 bridgehead atoms. The van der Waals surface area contributed by atoms with Gasteiger partial charge in [-0.15, -0.1) is 0 Å². The van der Waals surface area contributed by atoms with Crippen molar-refractivity contribution in [3.8, 4) is 0 Å². The van der Waals surface area contributed by atoms with E-state index in [2.05, 4.69) is 32.6 Å². The van der Waals surface area contributed by atoms with E-state index >= 15 is 0 Å². The number of aryl methyl sites for hydroxylation is 1. The van der Waals surface area contributed by atoms with Gasteiger partial charge in [-0.25, -0.2) is 0 Å². The van der Waals surface area contributed by atoms with Gasteiger partial charge in [0, 0.05) is 18.5 Å². The first-order valence-electron chi connectivity index (χ1n) is 6.70. The standard InChI is InChI=1S/C13H22BrN3/c1-2-8-17-13(11(14)9-16-17)10-6-4-3-5-7-12(10)15/h9-10,12H,2-8,15H2,1H3. The van der Waals surface area contributed by atoms with Gasteiger partial charge in [-0.05, 0) is 35.2 Å². The van der Waals surface area contributed by atoms with Crippen molar-refractivity contribution in [2.75, 3.05) is 0 Å². The molecule has 2 atom stereocenters. The number of halogens is 1. The molecule has 1 aromatic rings. The molecule has 17 heavy (non-hydrogen) atoms. The third-order valence-electron chi connectivity index (χ3n) is 3.69. The van der Waals surface area contributed by atoms with E-state index in [0.717, 1.165) is 23.9 Å². The summed E-state index contributed by atoms with van der Waals surface area (Å²) in [6, 6.07) is 0.293. The highest BCUT2D eigenvalue weighted by molar-refractivity contribution is 9.10. The molecule has 0 aliphatic heterocycles. The smallest absolute Gasteiger partial charge is 0.0635 e. The van der Waals surface area contributed by atoms with Crippen molar-refractivity contribution in [1.29, 1.82) is 0 Å². The maximum Gasteiger partial charge on any atom is 0.0635 e. The third-order valence-corrected chi connectivity index (χ3v) is 4.30. The van der Waals surface area contributed by atoms with Gasteiger partial charge < -0.3 is 5.73 Å². The summed E-state index contributed by atoms with van der Waals surface area (Å²) in [5.41, 5.74) is 7.66. The van der Waals surface area contributed by atoms with E-state index in [1.54, 1.807) is 0 Å². The van der Waals surface area contributed by atoms with Gasteiger partial charge in [-0.1, -0.05) is 26.2 Å². The summed E-state index contributed by atoms with van der Waals surface area (Å²) in [5, 5.41) is 4.46. The Bertz CT molecular complexity index is 362. The van der Waals surface area contributed by atoms with Crippen molar-refractivity contribution < 1.29 is 0 Å². The second-order valence-electron chi connectivity index (χ2n) is 5.01. The summed E-state index contributed by atoms with van der Waals surface area (Å²) in [5.74, 6) is 0.473. The minimum atomic E-state index is 0.293. The molecule has 3 nitrogen and oxygen atoms in total. The van der Waals surface area contributed by atoms with E-state index in [9.17, 15) is 0 Å². The minimum Gasteiger partial charge on any atom is -0.327 e. The third kappa shape index (κ3) is 2.91. The van der Waals surface area contributed by atoms with Gasteiger partial charge in [-0.2, -0.15) is 5.10 Å². The van der Waals surface area contributed by atoms with Gasteiger partial charge in [0.1, 0.15) is 0 Å². The predicted molar refractivity (Wildman–Crippen MR) is 74.0 cm³/mol. The fourth-order valence-electron chi connectivity index (χ4n) is 2.81. The molecule has 2 unspecified atom stereocenters. The quantitative estimate of drug-likeness (QED) is 0.869. The highest BCUT2D eigenvalue weighted by Crippen LogP contribution is 2.34. The van der Waals surface area contributed by atoms with Crippen molar-refractivity contribution in [2.24, 2.45) is 5.73 Å². The normalized spacial score (nSPS) is 25.8. The van der Waals surface area contributed by atoms with E-state index in [0.29, 0.717) is 12.0 Å².